The molecule has 0 fully saturated rings. The van der Waals surface area contributed by atoms with Crippen LogP contribution in [0.5, 0.6) is 0 Å². The maximum absolute atomic E-state index is 14.6. The van der Waals surface area contributed by atoms with Crippen molar-refractivity contribution >= 4 is 67.5 Å². The van der Waals surface area contributed by atoms with Gasteiger partial charge in [-0.05, 0) is 38.3 Å². The molecule has 1 aliphatic heterocycles. The molecular weight excluding hydrogens is 719 g/mol. The van der Waals surface area contributed by atoms with E-state index in [1.807, 2.05) is 60.7 Å². The third-order valence-electron chi connectivity index (χ3n) is 9.11. The lowest BCUT2D eigenvalue weighted by Gasteiger charge is -2.43. The Morgan fingerprint density at radius 3 is 2.02 bits per heavy atom. The van der Waals surface area contributed by atoms with Crippen molar-refractivity contribution < 1.29 is 45.4 Å². The van der Waals surface area contributed by atoms with Gasteiger partial charge in [0.1, 0.15) is 29.7 Å². The molecule has 272 valence electrons. The second kappa shape index (κ2) is 15.4. The second-order valence-corrected chi connectivity index (χ2v) is 24.5. The van der Waals surface area contributed by atoms with E-state index in [-0.39, 0.29) is 45.5 Å². The molecule has 3 aromatic rings. The van der Waals surface area contributed by atoms with Crippen LogP contribution in [-0.2, 0) is 43.5 Å². The highest BCUT2D eigenvalue weighted by atomic mass is 32.3. The van der Waals surface area contributed by atoms with Crippen molar-refractivity contribution in [3.8, 4) is 0 Å². The number of rotatable bonds is 12. The molecule has 0 N–H and O–H groups in total. The summed E-state index contributed by atoms with van der Waals surface area (Å²) in [6.45, 7) is 11.5. The van der Waals surface area contributed by atoms with Crippen LogP contribution in [0.3, 0.4) is 0 Å². The summed E-state index contributed by atoms with van der Waals surface area (Å²) in [7, 11) is -11.1. The summed E-state index contributed by atoms with van der Waals surface area (Å²) >= 11 is 0.744. The third-order valence-corrected chi connectivity index (χ3v) is 23.0. The van der Waals surface area contributed by atoms with Crippen molar-refractivity contribution in [2.45, 2.75) is 85.7 Å². The standard InChI is InChI=1S/C35H45NO10S3Si/c1-8-36(34(39)45-20-19-44-32(38)25(3)46-26(4)37)30-21-24(2)49(42,43)33-29(30)22-31(47-33)48(40,41)23-50(35(5,6)7,27-15-11-9-12-16-27)28-17-13-10-14-18-28/h9-18,22,24-25,30H,8,19-21,23H2,1-7H3/t24-,25-,30-/m0/s1. The van der Waals surface area contributed by atoms with E-state index in [2.05, 4.69) is 20.8 Å². The van der Waals surface area contributed by atoms with Gasteiger partial charge in [-0.3, -0.25) is 4.79 Å². The zero-order valence-electron chi connectivity index (χ0n) is 29.4. The molecular formula is C35H45NO10S3Si. The predicted octanol–water partition coefficient (Wildman–Crippen LogP) is 4.68. The molecule has 0 aliphatic carbocycles. The molecule has 50 heavy (non-hydrogen) atoms. The topological polar surface area (TPSA) is 150 Å². The average molecular weight is 764 g/mol. The quantitative estimate of drug-likeness (QED) is 0.110. The third kappa shape index (κ3) is 8.00. The summed E-state index contributed by atoms with van der Waals surface area (Å²) in [6, 6.07) is 20.0. The lowest BCUT2D eigenvalue weighted by atomic mass is 10.0. The summed E-state index contributed by atoms with van der Waals surface area (Å²) in [5.41, 5.74) is 0.245. The zero-order chi connectivity index (χ0) is 37.1. The number of ether oxygens (including phenoxy) is 3. The number of carbonyl (C=O) groups excluding carboxylic acids is 3. The van der Waals surface area contributed by atoms with Gasteiger partial charge in [-0.1, -0.05) is 91.8 Å². The number of fused-ring (bicyclic) bond motifs is 1. The summed E-state index contributed by atoms with van der Waals surface area (Å²) in [4.78, 5) is 37.8. The van der Waals surface area contributed by atoms with Gasteiger partial charge in [0.2, 0.25) is 0 Å². The van der Waals surface area contributed by atoms with E-state index in [1.165, 1.54) is 17.9 Å². The fourth-order valence-corrected chi connectivity index (χ4v) is 21.0. The molecule has 0 spiro atoms. The first-order chi connectivity index (χ1) is 23.4. The fourth-order valence-electron chi connectivity index (χ4n) is 6.48. The maximum Gasteiger partial charge on any atom is 0.410 e. The Kier molecular flexibility index (Phi) is 12.1. The largest absolute Gasteiger partial charge is 0.459 e. The number of carbonyl (C=O) groups is 3. The molecule has 3 atom stereocenters. The van der Waals surface area contributed by atoms with Gasteiger partial charge in [-0.25, -0.2) is 26.4 Å². The van der Waals surface area contributed by atoms with Crippen LogP contribution < -0.4 is 10.4 Å². The van der Waals surface area contributed by atoms with Crippen molar-refractivity contribution in [2.75, 3.05) is 25.1 Å². The molecule has 2 aromatic carbocycles. The number of esters is 2. The van der Waals surface area contributed by atoms with Gasteiger partial charge in [0.05, 0.1) is 16.7 Å². The minimum atomic E-state index is -4.07. The van der Waals surface area contributed by atoms with Crippen molar-refractivity contribution in [1.82, 2.24) is 4.90 Å². The molecule has 0 saturated carbocycles. The average Bonchev–Trinajstić information content (AvgIpc) is 3.53. The number of hydrogen-bond donors (Lipinski definition) is 0. The molecule has 1 aliphatic rings. The van der Waals surface area contributed by atoms with Crippen molar-refractivity contribution in [3.05, 3.63) is 72.3 Å². The van der Waals surface area contributed by atoms with Crippen LogP contribution >= 0.6 is 11.3 Å². The van der Waals surface area contributed by atoms with E-state index in [1.54, 1.807) is 13.8 Å². The Hall–Kier alpha value is -3.53. The molecule has 0 saturated heterocycles. The first-order valence-corrected chi connectivity index (χ1v) is 22.6. The molecule has 2 heterocycles. The van der Waals surface area contributed by atoms with Crippen molar-refractivity contribution in [1.29, 1.82) is 0 Å². The summed E-state index contributed by atoms with van der Waals surface area (Å²) < 4.78 is 71.7. The van der Waals surface area contributed by atoms with Gasteiger partial charge in [-0.2, -0.15) is 0 Å². The fraction of sp³-hybridized carbons (Fsp3) is 0.457. The normalized spacial score (nSPS) is 18.0. The molecule has 15 heteroatoms. The monoisotopic (exact) mass is 763 g/mol. The van der Waals surface area contributed by atoms with Crippen LogP contribution in [0, 0.1) is 0 Å². The van der Waals surface area contributed by atoms with E-state index in [0.29, 0.717) is 0 Å². The van der Waals surface area contributed by atoms with Crippen molar-refractivity contribution in [2.24, 2.45) is 0 Å². The Labute approximate surface area is 299 Å². The lowest BCUT2D eigenvalue weighted by Crippen LogP contribution is -2.68. The van der Waals surface area contributed by atoms with Crippen LogP contribution in [0.4, 0.5) is 4.79 Å². The highest BCUT2D eigenvalue weighted by Gasteiger charge is 2.52. The van der Waals surface area contributed by atoms with E-state index < -0.39 is 68.2 Å². The molecule has 1 aromatic heterocycles. The summed E-state index contributed by atoms with van der Waals surface area (Å²) in [5, 5.41) is 0.365. The maximum atomic E-state index is 14.6. The van der Waals surface area contributed by atoms with Gasteiger partial charge in [0.25, 0.3) is 0 Å². The lowest BCUT2D eigenvalue weighted by molar-refractivity contribution is -0.165. The first kappa shape index (κ1) is 39.3. The Balaban J connectivity index is 1.68. The molecule has 4 rings (SSSR count). The van der Waals surface area contributed by atoms with Gasteiger partial charge in [0, 0.05) is 19.0 Å². The number of hydrogen-bond acceptors (Lipinski definition) is 11. The molecule has 0 radical (unpaired) electrons. The zero-order valence-corrected chi connectivity index (χ0v) is 32.8. The first-order valence-electron chi connectivity index (χ1n) is 16.4. The smallest absolute Gasteiger partial charge is 0.410 e. The molecule has 0 unspecified atom stereocenters. The number of nitrogens with zero attached hydrogens (tertiary/aromatic N) is 1. The highest BCUT2D eigenvalue weighted by Crippen LogP contribution is 2.46. The number of benzene rings is 2. The minimum absolute atomic E-state index is 0.0398. The van der Waals surface area contributed by atoms with Gasteiger partial charge in [-0.15, -0.1) is 11.3 Å². The van der Waals surface area contributed by atoms with E-state index >= 15 is 0 Å². The van der Waals surface area contributed by atoms with Crippen LogP contribution in [-0.4, -0.2) is 84.3 Å². The SMILES string of the molecule is CCN(C(=O)OCCOC(=O)[C@H](C)OC(C)=O)[C@H]1C[C@H](C)S(=O)(=O)c2sc(S(=O)(=O)C[Si](c3ccccc3)(c3ccccc3)C(C)(C)C)cc21. The van der Waals surface area contributed by atoms with E-state index in [0.717, 1.165) is 28.6 Å². The minimum Gasteiger partial charge on any atom is -0.459 e. The Morgan fingerprint density at radius 2 is 1.52 bits per heavy atom. The van der Waals surface area contributed by atoms with Crippen LogP contribution in [0.25, 0.3) is 0 Å². The molecule has 11 nitrogen and oxygen atoms in total. The van der Waals surface area contributed by atoms with Gasteiger partial charge >= 0.3 is 18.0 Å². The molecule has 1 amide bonds. The van der Waals surface area contributed by atoms with E-state index in [9.17, 15) is 31.2 Å². The number of sulfone groups is 2. The second-order valence-electron chi connectivity index (χ2n) is 13.4. The van der Waals surface area contributed by atoms with Crippen molar-refractivity contribution in [3.63, 3.8) is 0 Å². The Bertz CT molecular complexity index is 1870. The highest BCUT2D eigenvalue weighted by molar-refractivity contribution is 7.97. The van der Waals surface area contributed by atoms with Crippen LogP contribution in [0.15, 0.2) is 75.1 Å². The van der Waals surface area contributed by atoms with Crippen LogP contribution in [0.2, 0.25) is 5.04 Å². The number of amides is 1. The molecule has 0 bridgehead atoms. The van der Waals surface area contributed by atoms with Gasteiger partial charge < -0.3 is 19.1 Å². The number of thiophene rings is 1. The summed E-state index contributed by atoms with van der Waals surface area (Å²) in [6.07, 6.45) is -1.86. The van der Waals surface area contributed by atoms with E-state index in [4.69, 9.17) is 14.2 Å². The van der Waals surface area contributed by atoms with Gasteiger partial charge in [0.15, 0.2) is 25.8 Å². The predicted molar refractivity (Wildman–Crippen MR) is 194 cm³/mol. The van der Waals surface area contributed by atoms with Crippen LogP contribution in [0.1, 0.15) is 66.5 Å². The Morgan fingerprint density at radius 1 is 0.980 bits per heavy atom. The summed E-state index contributed by atoms with van der Waals surface area (Å²) in [5.74, 6) is -1.44.